The summed E-state index contributed by atoms with van der Waals surface area (Å²) in [5.41, 5.74) is 4.23. The number of carbonyl (C=O) groups is 2. The van der Waals surface area contributed by atoms with E-state index < -0.39 is 55.7 Å². The highest BCUT2D eigenvalue weighted by Gasteiger charge is 2.57. The van der Waals surface area contributed by atoms with Crippen LogP contribution in [0.3, 0.4) is 0 Å². The van der Waals surface area contributed by atoms with Crippen LogP contribution in [0.25, 0.3) is 5.52 Å². The van der Waals surface area contributed by atoms with Crippen LogP contribution in [0.2, 0.25) is 0 Å². The Morgan fingerprint density at radius 2 is 2.14 bits per heavy atom. The number of esters is 1. The second kappa shape index (κ2) is 7.97. The van der Waals surface area contributed by atoms with Crippen molar-refractivity contribution in [2.45, 2.75) is 23.9 Å². The van der Waals surface area contributed by atoms with Gasteiger partial charge in [0.1, 0.15) is 56.0 Å². The third-order valence-electron chi connectivity index (χ3n) is 4.34. The maximum atomic E-state index is 11.6. The molecule has 0 spiro atoms. The molecule has 0 aliphatic carbocycles. The van der Waals surface area contributed by atoms with E-state index in [9.17, 15) is 25.1 Å². The number of carbonyl (C=O) groups excluding carboxylic acids is 1. The van der Waals surface area contributed by atoms with E-state index in [0.29, 0.717) is 5.52 Å². The molecular weight excluding hydrogens is 390 g/mol. The van der Waals surface area contributed by atoms with Gasteiger partial charge in [-0.05, 0) is 12.1 Å². The first-order valence-corrected chi connectivity index (χ1v) is 8.29. The summed E-state index contributed by atoms with van der Waals surface area (Å²) in [4.78, 5) is 25.8. The Morgan fingerprint density at radius 1 is 1.38 bits per heavy atom. The lowest BCUT2D eigenvalue weighted by atomic mass is 9.92. The second-order valence-electron chi connectivity index (χ2n) is 6.17. The zero-order chi connectivity index (χ0) is 21.2. The average Bonchev–Trinajstić information content (AvgIpc) is 3.22. The van der Waals surface area contributed by atoms with Gasteiger partial charge < -0.3 is 35.3 Å². The quantitative estimate of drug-likeness (QED) is 0.361. The number of carboxylic acids is 1. The van der Waals surface area contributed by atoms with Crippen molar-refractivity contribution in [2.75, 3.05) is 25.6 Å². The SMILES string of the molecule is N#C[C@@]1(c2ccc3c(N)ncnn23)O[C@H](COC(=O)COCC(=O)O)[C@@H](O)[C@H]1O. The molecule has 154 valence electrons. The normalized spacial score (nSPS) is 26.3. The van der Waals surface area contributed by atoms with Gasteiger partial charge in [0, 0.05) is 0 Å². The van der Waals surface area contributed by atoms with Gasteiger partial charge in [-0.1, -0.05) is 0 Å². The van der Waals surface area contributed by atoms with Gasteiger partial charge in [0.15, 0.2) is 5.82 Å². The smallest absolute Gasteiger partial charge is 0.332 e. The molecule has 1 fully saturated rings. The lowest BCUT2D eigenvalue weighted by Gasteiger charge is -2.24. The van der Waals surface area contributed by atoms with Crippen LogP contribution in [-0.4, -0.2) is 80.0 Å². The van der Waals surface area contributed by atoms with Crippen molar-refractivity contribution in [1.82, 2.24) is 14.6 Å². The predicted molar refractivity (Wildman–Crippen MR) is 91.0 cm³/mol. The molecule has 0 aromatic carbocycles. The van der Waals surface area contributed by atoms with E-state index in [-0.39, 0.29) is 11.5 Å². The summed E-state index contributed by atoms with van der Waals surface area (Å²) < 4.78 is 16.3. The molecular formula is C16H17N5O8. The molecule has 0 bridgehead atoms. The largest absolute Gasteiger partial charge is 0.480 e. The Hall–Kier alpha value is -3.31. The van der Waals surface area contributed by atoms with Gasteiger partial charge in [-0.25, -0.2) is 19.1 Å². The molecule has 5 N–H and O–H groups in total. The molecule has 13 heteroatoms. The molecule has 13 nitrogen and oxygen atoms in total. The fourth-order valence-electron chi connectivity index (χ4n) is 2.99. The Bertz CT molecular complexity index is 972. The van der Waals surface area contributed by atoms with Crippen LogP contribution in [0.1, 0.15) is 5.69 Å². The van der Waals surface area contributed by atoms with Crippen LogP contribution in [-0.2, 0) is 29.4 Å². The van der Waals surface area contributed by atoms with E-state index in [4.69, 9.17) is 20.3 Å². The number of aliphatic carboxylic acids is 1. The molecule has 3 rings (SSSR count). The molecule has 3 heterocycles. The Balaban J connectivity index is 1.76. The van der Waals surface area contributed by atoms with Crippen LogP contribution in [0.15, 0.2) is 18.5 Å². The maximum Gasteiger partial charge on any atom is 0.332 e. The first-order valence-electron chi connectivity index (χ1n) is 8.29. The monoisotopic (exact) mass is 407 g/mol. The van der Waals surface area contributed by atoms with E-state index in [0.717, 1.165) is 6.33 Å². The molecule has 0 saturated carbocycles. The fourth-order valence-corrected chi connectivity index (χ4v) is 2.99. The summed E-state index contributed by atoms with van der Waals surface area (Å²) in [5, 5.41) is 43.1. The summed E-state index contributed by atoms with van der Waals surface area (Å²) in [7, 11) is 0. The Kier molecular flexibility index (Phi) is 5.62. The minimum Gasteiger partial charge on any atom is -0.480 e. The van der Waals surface area contributed by atoms with Gasteiger partial charge in [0.05, 0.1) is 5.69 Å². The van der Waals surface area contributed by atoms with Crippen molar-refractivity contribution in [3.63, 3.8) is 0 Å². The Morgan fingerprint density at radius 3 is 2.83 bits per heavy atom. The first kappa shape index (κ1) is 20.4. The molecule has 29 heavy (non-hydrogen) atoms. The molecule has 0 amide bonds. The maximum absolute atomic E-state index is 11.6. The molecule has 0 radical (unpaired) electrons. The summed E-state index contributed by atoms with van der Waals surface area (Å²) >= 11 is 0. The van der Waals surface area contributed by atoms with Crippen molar-refractivity contribution in [3.8, 4) is 6.07 Å². The molecule has 0 unspecified atom stereocenters. The van der Waals surface area contributed by atoms with Gasteiger partial charge in [0.25, 0.3) is 0 Å². The van der Waals surface area contributed by atoms with Crippen LogP contribution < -0.4 is 5.73 Å². The highest BCUT2D eigenvalue weighted by molar-refractivity contribution is 5.72. The minimum atomic E-state index is -2.01. The molecule has 2 aromatic heterocycles. The number of aliphatic hydroxyl groups is 2. The molecule has 4 atom stereocenters. The van der Waals surface area contributed by atoms with Crippen molar-refractivity contribution in [2.24, 2.45) is 0 Å². The van der Waals surface area contributed by atoms with Gasteiger partial charge in [-0.3, -0.25) is 0 Å². The molecule has 1 aliphatic rings. The van der Waals surface area contributed by atoms with E-state index in [2.05, 4.69) is 14.8 Å². The summed E-state index contributed by atoms with van der Waals surface area (Å²) in [6.45, 7) is -1.81. The number of nitriles is 1. The zero-order valence-electron chi connectivity index (χ0n) is 14.8. The summed E-state index contributed by atoms with van der Waals surface area (Å²) in [6.07, 6.45) is -3.33. The Labute approximate surface area is 162 Å². The van der Waals surface area contributed by atoms with Crippen molar-refractivity contribution in [3.05, 3.63) is 24.2 Å². The molecule has 1 saturated heterocycles. The van der Waals surface area contributed by atoms with Crippen molar-refractivity contribution in [1.29, 1.82) is 5.26 Å². The topological polar surface area (TPSA) is 203 Å². The van der Waals surface area contributed by atoms with Crippen molar-refractivity contribution >= 4 is 23.3 Å². The van der Waals surface area contributed by atoms with Gasteiger partial charge in [0.2, 0.25) is 5.60 Å². The minimum absolute atomic E-state index is 0.106. The number of fused-ring (bicyclic) bond motifs is 1. The molecule has 2 aromatic rings. The number of nitrogen functional groups attached to an aromatic ring is 1. The van der Waals surface area contributed by atoms with E-state index in [1.165, 1.54) is 16.6 Å². The van der Waals surface area contributed by atoms with Gasteiger partial charge in [-0.2, -0.15) is 10.4 Å². The summed E-state index contributed by atoms with van der Waals surface area (Å²) in [5.74, 6) is -2.02. The lowest BCUT2D eigenvalue weighted by Crippen LogP contribution is -2.41. The first-order chi connectivity index (χ1) is 13.8. The number of aromatic nitrogens is 3. The number of hydrogen-bond donors (Lipinski definition) is 4. The number of nitrogens with two attached hydrogens (primary N) is 1. The van der Waals surface area contributed by atoms with Crippen molar-refractivity contribution < 1.29 is 39.1 Å². The lowest BCUT2D eigenvalue weighted by molar-refractivity contribution is -0.158. The van der Waals surface area contributed by atoms with Gasteiger partial charge in [-0.15, -0.1) is 0 Å². The number of ether oxygens (including phenoxy) is 3. The van der Waals surface area contributed by atoms with Crippen LogP contribution in [0, 0.1) is 11.3 Å². The third-order valence-corrected chi connectivity index (χ3v) is 4.34. The number of hydrogen-bond acceptors (Lipinski definition) is 11. The predicted octanol–water partition coefficient (Wildman–Crippen LogP) is -2.20. The standard InChI is InChI=1S/C16H17N5O8/c17-6-16(10-2-1-8-15(18)19-7-20-21(8)10)14(26)13(25)9(29-16)3-28-12(24)5-27-4-11(22)23/h1-2,7,9,13-14,25-26H,3-5H2,(H,22,23)(H2,18,19,20)/t9-,13-,14-,16+/m1/s1. The zero-order valence-corrected chi connectivity index (χ0v) is 14.8. The average molecular weight is 407 g/mol. The second-order valence-corrected chi connectivity index (χ2v) is 6.17. The number of anilines is 1. The van der Waals surface area contributed by atoms with Crippen LogP contribution >= 0.6 is 0 Å². The number of aliphatic hydroxyl groups excluding tert-OH is 2. The van der Waals surface area contributed by atoms with Gasteiger partial charge >= 0.3 is 11.9 Å². The highest BCUT2D eigenvalue weighted by Crippen LogP contribution is 2.40. The number of nitrogens with zero attached hydrogens (tertiary/aromatic N) is 4. The van der Waals surface area contributed by atoms with E-state index in [1.54, 1.807) is 0 Å². The highest BCUT2D eigenvalue weighted by atomic mass is 16.6. The third kappa shape index (κ3) is 3.69. The number of carboxylic acid groups (broad SMARTS) is 1. The number of rotatable bonds is 7. The summed E-state index contributed by atoms with van der Waals surface area (Å²) in [6, 6.07) is 4.83. The van der Waals surface area contributed by atoms with Crippen LogP contribution in [0.4, 0.5) is 5.82 Å². The van der Waals surface area contributed by atoms with E-state index in [1.807, 2.05) is 6.07 Å². The fraction of sp³-hybridized carbons (Fsp3) is 0.438. The van der Waals surface area contributed by atoms with Crippen LogP contribution in [0.5, 0.6) is 0 Å². The van der Waals surface area contributed by atoms with E-state index >= 15 is 0 Å². The molecule has 1 aliphatic heterocycles.